The van der Waals surface area contributed by atoms with Gasteiger partial charge in [-0.1, -0.05) is 11.2 Å². The summed E-state index contributed by atoms with van der Waals surface area (Å²) in [5.74, 6) is -2.12. The van der Waals surface area contributed by atoms with E-state index in [0.29, 0.717) is 11.9 Å². The van der Waals surface area contributed by atoms with E-state index >= 15 is 0 Å². The minimum atomic E-state index is -0.880. The number of hydrogen-bond donors (Lipinski definition) is 0. The minimum absolute atomic E-state index is 0.0913. The van der Waals surface area contributed by atoms with E-state index in [2.05, 4.69) is 10.1 Å². The van der Waals surface area contributed by atoms with Crippen LogP contribution in [-0.4, -0.2) is 16.1 Å². The molecule has 8 heteroatoms. The van der Waals surface area contributed by atoms with Crippen molar-refractivity contribution in [1.82, 2.24) is 10.1 Å². The highest BCUT2D eigenvalue weighted by Crippen LogP contribution is 2.21. The fourth-order valence-electron chi connectivity index (χ4n) is 1.70. The third-order valence-corrected chi connectivity index (χ3v) is 3.50. The molecular formula is C14H8F2N2O3S. The molecule has 0 amide bonds. The molecule has 0 radical (unpaired) electrons. The summed E-state index contributed by atoms with van der Waals surface area (Å²) in [6.07, 6.45) is 0. The van der Waals surface area contributed by atoms with Crippen molar-refractivity contribution in [3.63, 3.8) is 0 Å². The van der Waals surface area contributed by atoms with Crippen molar-refractivity contribution in [2.75, 3.05) is 0 Å². The number of thiophene rings is 1. The lowest BCUT2D eigenvalue weighted by Gasteiger charge is -2.02. The number of ether oxygens (including phenoxy) is 1. The first kappa shape index (κ1) is 14.3. The average molecular weight is 322 g/mol. The highest BCUT2D eigenvalue weighted by molar-refractivity contribution is 7.13. The second-order valence-corrected chi connectivity index (χ2v) is 5.17. The molecule has 3 aromatic rings. The number of hydrogen-bond acceptors (Lipinski definition) is 6. The zero-order chi connectivity index (χ0) is 15.5. The first-order chi connectivity index (χ1) is 10.6. The van der Waals surface area contributed by atoms with Gasteiger partial charge in [0.1, 0.15) is 11.6 Å². The normalized spacial score (nSPS) is 10.6. The maximum absolute atomic E-state index is 13.0. The Morgan fingerprint density at radius 1 is 1.27 bits per heavy atom. The molecule has 2 heterocycles. The van der Waals surface area contributed by atoms with Gasteiger partial charge in [-0.05, 0) is 23.6 Å². The number of esters is 1. The maximum atomic E-state index is 13.0. The minimum Gasteiger partial charge on any atom is -0.452 e. The molecule has 0 aliphatic heterocycles. The summed E-state index contributed by atoms with van der Waals surface area (Å²) in [6.45, 7) is -0.282. The van der Waals surface area contributed by atoms with Crippen LogP contribution in [0.2, 0.25) is 0 Å². The molecule has 5 nitrogen and oxygen atoms in total. The first-order valence-electron chi connectivity index (χ1n) is 6.11. The summed E-state index contributed by atoms with van der Waals surface area (Å²) >= 11 is 1.44. The lowest BCUT2D eigenvalue weighted by Crippen LogP contribution is -2.06. The van der Waals surface area contributed by atoms with E-state index in [4.69, 9.17) is 9.26 Å². The van der Waals surface area contributed by atoms with Crippen LogP contribution in [0.3, 0.4) is 0 Å². The molecule has 0 aliphatic carbocycles. The van der Waals surface area contributed by atoms with Crippen molar-refractivity contribution in [1.29, 1.82) is 0 Å². The Labute approximate surface area is 127 Å². The predicted octanol–water partition coefficient (Wildman–Crippen LogP) is 3.43. The van der Waals surface area contributed by atoms with E-state index in [9.17, 15) is 13.6 Å². The number of carbonyl (C=O) groups is 1. The van der Waals surface area contributed by atoms with Crippen LogP contribution in [0.15, 0.2) is 40.2 Å². The van der Waals surface area contributed by atoms with E-state index < -0.39 is 17.6 Å². The molecule has 22 heavy (non-hydrogen) atoms. The monoisotopic (exact) mass is 322 g/mol. The summed E-state index contributed by atoms with van der Waals surface area (Å²) in [5.41, 5.74) is -0.226. The van der Waals surface area contributed by atoms with Crippen LogP contribution >= 0.6 is 11.3 Å². The SMILES string of the molecule is O=C(OCc1nc(-c2cccs2)no1)c1cc(F)cc(F)c1. The Bertz CT molecular complexity index is 782. The highest BCUT2D eigenvalue weighted by Gasteiger charge is 2.14. The summed E-state index contributed by atoms with van der Waals surface area (Å²) in [5, 5.41) is 5.62. The molecule has 0 spiro atoms. The van der Waals surface area contributed by atoms with E-state index in [-0.39, 0.29) is 18.1 Å². The van der Waals surface area contributed by atoms with Gasteiger partial charge in [0.25, 0.3) is 5.89 Å². The molecule has 0 fully saturated rings. The number of benzene rings is 1. The molecule has 112 valence electrons. The van der Waals surface area contributed by atoms with Crippen molar-refractivity contribution in [2.24, 2.45) is 0 Å². The van der Waals surface area contributed by atoms with Crippen molar-refractivity contribution in [2.45, 2.75) is 6.61 Å². The highest BCUT2D eigenvalue weighted by atomic mass is 32.1. The Morgan fingerprint density at radius 2 is 2.05 bits per heavy atom. The summed E-state index contributed by atoms with van der Waals surface area (Å²) in [7, 11) is 0. The van der Waals surface area contributed by atoms with Crippen LogP contribution in [0.5, 0.6) is 0 Å². The van der Waals surface area contributed by atoms with Gasteiger partial charge in [-0.2, -0.15) is 4.98 Å². The Kier molecular flexibility index (Phi) is 3.92. The fourth-order valence-corrected chi connectivity index (χ4v) is 2.35. The lowest BCUT2D eigenvalue weighted by molar-refractivity contribution is 0.0428. The van der Waals surface area contributed by atoms with E-state index in [1.807, 2.05) is 17.5 Å². The van der Waals surface area contributed by atoms with Crippen LogP contribution in [0.25, 0.3) is 10.7 Å². The summed E-state index contributed by atoms with van der Waals surface area (Å²) in [4.78, 5) is 16.6. The van der Waals surface area contributed by atoms with Gasteiger partial charge in [-0.3, -0.25) is 0 Å². The van der Waals surface area contributed by atoms with Crippen molar-refractivity contribution in [3.8, 4) is 10.7 Å². The van der Waals surface area contributed by atoms with Gasteiger partial charge < -0.3 is 9.26 Å². The van der Waals surface area contributed by atoms with Crippen molar-refractivity contribution >= 4 is 17.3 Å². The molecule has 0 saturated carbocycles. The number of nitrogens with zero attached hydrogens (tertiary/aromatic N) is 2. The summed E-state index contributed by atoms with van der Waals surface area (Å²) in [6, 6.07) is 6.10. The molecule has 0 N–H and O–H groups in total. The Hall–Kier alpha value is -2.61. The van der Waals surface area contributed by atoms with Crippen molar-refractivity contribution in [3.05, 3.63) is 58.8 Å². The zero-order valence-electron chi connectivity index (χ0n) is 11.0. The lowest BCUT2D eigenvalue weighted by atomic mass is 10.2. The van der Waals surface area contributed by atoms with Crippen LogP contribution < -0.4 is 0 Å². The molecule has 0 saturated heterocycles. The van der Waals surface area contributed by atoms with Crippen LogP contribution in [0.4, 0.5) is 8.78 Å². The smallest absolute Gasteiger partial charge is 0.338 e. The van der Waals surface area contributed by atoms with Gasteiger partial charge in [-0.15, -0.1) is 11.3 Å². The third-order valence-electron chi connectivity index (χ3n) is 2.63. The largest absolute Gasteiger partial charge is 0.452 e. The standard InChI is InChI=1S/C14H8F2N2O3S/c15-9-4-8(5-10(16)6-9)14(19)20-7-12-17-13(18-21-12)11-2-1-3-22-11/h1-6H,7H2. The molecule has 0 bridgehead atoms. The van der Waals surface area contributed by atoms with Crippen LogP contribution in [0, 0.1) is 11.6 Å². The topological polar surface area (TPSA) is 65.2 Å². The van der Waals surface area contributed by atoms with Gasteiger partial charge in [0.2, 0.25) is 5.82 Å². The van der Waals surface area contributed by atoms with E-state index in [1.165, 1.54) is 11.3 Å². The van der Waals surface area contributed by atoms with Crippen LogP contribution in [0.1, 0.15) is 16.2 Å². The Morgan fingerprint density at radius 3 is 2.73 bits per heavy atom. The van der Waals surface area contributed by atoms with Gasteiger partial charge in [0.15, 0.2) is 6.61 Å². The van der Waals surface area contributed by atoms with Gasteiger partial charge >= 0.3 is 5.97 Å². The number of aromatic nitrogens is 2. The third kappa shape index (κ3) is 3.17. The molecule has 2 aromatic heterocycles. The van der Waals surface area contributed by atoms with Gasteiger partial charge in [-0.25, -0.2) is 13.6 Å². The second kappa shape index (κ2) is 6.02. The predicted molar refractivity (Wildman–Crippen MR) is 73.1 cm³/mol. The van der Waals surface area contributed by atoms with Gasteiger partial charge in [0.05, 0.1) is 10.4 Å². The van der Waals surface area contributed by atoms with E-state index in [0.717, 1.165) is 17.0 Å². The van der Waals surface area contributed by atoms with E-state index in [1.54, 1.807) is 0 Å². The molecular weight excluding hydrogens is 314 g/mol. The molecule has 0 atom stereocenters. The second-order valence-electron chi connectivity index (χ2n) is 4.22. The quantitative estimate of drug-likeness (QED) is 0.689. The maximum Gasteiger partial charge on any atom is 0.338 e. The number of carbonyl (C=O) groups excluding carboxylic acids is 1. The summed E-state index contributed by atoms with van der Waals surface area (Å²) < 4.78 is 35.9. The average Bonchev–Trinajstić information content (AvgIpc) is 3.14. The number of rotatable bonds is 4. The Balaban J connectivity index is 1.66. The molecule has 1 aromatic carbocycles. The fraction of sp³-hybridized carbons (Fsp3) is 0.0714. The molecule has 3 rings (SSSR count). The molecule has 0 unspecified atom stereocenters. The zero-order valence-corrected chi connectivity index (χ0v) is 11.8. The first-order valence-corrected chi connectivity index (χ1v) is 6.99. The molecule has 0 aliphatic rings. The van der Waals surface area contributed by atoms with Crippen molar-refractivity contribution < 1.29 is 22.8 Å². The van der Waals surface area contributed by atoms with Crippen LogP contribution in [-0.2, 0) is 11.3 Å². The van der Waals surface area contributed by atoms with Gasteiger partial charge in [0, 0.05) is 6.07 Å². The number of halogens is 2.